The molecule has 1 aromatic rings. The van der Waals surface area contributed by atoms with Gasteiger partial charge in [0.05, 0.1) is 11.8 Å². The van der Waals surface area contributed by atoms with Crippen molar-refractivity contribution in [3.63, 3.8) is 0 Å². The molecule has 2 rings (SSSR count). The molecule has 1 heterocycles. The van der Waals surface area contributed by atoms with Gasteiger partial charge in [-0.3, -0.25) is 0 Å². The predicted octanol–water partition coefficient (Wildman–Crippen LogP) is 2.85. The quantitative estimate of drug-likeness (QED) is 0.812. The van der Waals surface area contributed by atoms with Crippen molar-refractivity contribution in [2.45, 2.75) is 18.9 Å². The van der Waals surface area contributed by atoms with Gasteiger partial charge in [-0.15, -0.1) is 0 Å². The number of ether oxygens (including phenoxy) is 1. The van der Waals surface area contributed by atoms with Crippen molar-refractivity contribution in [1.82, 2.24) is 0 Å². The predicted molar refractivity (Wildman–Crippen MR) is 65.3 cm³/mol. The summed E-state index contributed by atoms with van der Waals surface area (Å²) in [5.41, 5.74) is 1.00. The Morgan fingerprint density at radius 3 is 2.71 bits per heavy atom. The average molecular weight is 230 g/mol. The highest BCUT2D eigenvalue weighted by molar-refractivity contribution is 6.15. The van der Waals surface area contributed by atoms with Crippen LogP contribution in [0, 0.1) is 0 Å². The van der Waals surface area contributed by atoms with Crippen LogP contribution >= 0.6 is 0 Å². The van der Waals surface area contributed by atoms with Crippen LogP contribution in [0.4, 0.5) is 0 Å². The Balaban J connectivity index is 2.26. The number of allylic oxidation sites excluding steroid dienone is 1. The zero-order chi connectivity index (χ0) is 12.1. The summed E-state index contributed by atoms with van der Waals surface area (Å²) in [6, 6.07) is 9.10. The van der Waals surface area contributed by atoms with Crippen LogP contribution in [-0.2, 0) is 9.53 Å². The molecule has 0 radical (unpaired) electrons. The Hall–Kier alpha value is -2.03. The molecule has 3 nitrogen and oxygen atoms in total. The smallest absolute Gasteiger partial charge is 0.336 e. The molecule has 0 saturated carbocycles. The van der Waals surface area contributed by atoms with E-state index in [0.29, 0.717) is 11.1 Å². The van der Waals surface area contributed by atoms with Gasteiger partial charge in [-0.1, -0.05) is 30.3 Å². The molecule has 1 N–H and O–H groups in total. The summed E-state index contributed by atoms with van der Waals surface area (Å²) >= 11 is 0. The van der Waals surface area contributed by atoms with Gasteiger partial charge in [0.2, 0.25) is 0 Å². The van der Waals surface area contributed by atoms with Gasteiger partial charge in [-0.25, -0.2) is 4.79 Å². The second-order valence-electron chi connectivity index (χ2n) is 3.88. The van der Waals surface area contributed by atoms with E-state index >= 15 is 0 Å². The number of carboxylic acid groups (broad SMARTS) is 1. The fraction of sp³-hybridized carbons (Fsp3) is 0.214. The Labute approximate surface area is 100 Å². The van der Waals surface area contributed by atoms with Gasteiger partial charge in [0.1, 0.15) is 6.10 Å². The molecule has 1 atom stereocenters. The first-order valence-corrected chi connectivity index (χ1v) is 5.58. The third-order valence-corrected chi connectivity index (χ3v) is 2.64. The highest BCUT2D eigenvalue weighted by Crippen LogP contribution is 2.19. The lowest BCUT2D eigenvalue weighted by Gasteiger charge is -2.16. The normalized spacial score (nSPS) is 19.8. The zero-order valence-electron chi connectivity index (χ0n) is 9.37. The first-order valence-electron chi connectivity index (χ1n) is 5.58. The molecule has 1 aliphatic rings. The first-order chi connectivity index (χ1) is 8.27. The molecule has 1 aromatic carbocycles. The van der Waals surface area contributed by atoms with Crippen LogP contribution in [0.5, 0.6) is 0 Å². The molecule has 17 heavy (non-hydrogen) atoms. The van der Waals surface area contributed by atoms with Gasteiger partial charge >= 0.3 is 5.97 Å². The molecule has 0 aliphatic carbocycles. The summed E-state index contributed by atoms with van der Waals surface area (Å²) in [7, 11) is 0. The highest BCUT2D eigenvalue weighted by atomic mass is 16.5. The van der Waals surface area contributed by atoms with Crippen LogP contribution in [0.15, 0.2) is 48.7 Å². The monoisotopic (exact) mass is 230 g/mol. The van der Waals surface area contributed by atoms with E-state index in [1.165, 1.54) is 0 Å². The second kappa shape index (κ2) is 5.34. The fourth-order valence-corrected chi connectivity index (χ4v) is 1.77. The number of hydrogen-bond donors (Lipinski definition) is 1. The Bertz CT molecular complexity index is 446. The minimum Gasteiger partial charge on any atom is -0.494 e. The van der Waals surface area contributed by atoms with Gasteiger partial charge < -0.3 is 9.84 Å². The van der Waals surface area contributed by atoms with E-state index in [0.717, 1.165) is 12.8 Å². The summed E-state index contributed by atoms with van der Waals surface area (Å²) in [5, 5.41) is 9.22. The minimum atomic E-state index is -0.922. The largest absolute Gasteiger partial charge is 0.494 e. The van der Waals surface area contributed by atoms with Crippen LogP contribution in [0.3, 0.4) is 0 Å². The van der Waals surface area contributed by atoms with Gasteiger partial charge in [-0.2, -0.15) is 0 Å². The Morgan fingerprint density at radius 1 is 1.35 bits per heavy atom. The van der Waals surface area contributed by atoms with Crippen molar-refractivity contribution in [2.24, 2.45) is 0 Å². The standard InChI is InChI=1S/C14H14O3/c15-14(16)13(11-6-2-1-3-7-11)10-12-8-4-5-9-17-12/h1-3,5-7,9-10,12H,4,8H2,(H,15,16)/b13-10+. The summed E-state index contributed by atoms with van der Waals surface area (Å²) in [6.07, 6.45) is 6.85. The molecule has 0 fully saturated rings. The van der Waals surface area contributed by atoms with Crippen molar-refractivity contribution in [3.8, 4) is 0 Å². The lowest BCUT2D eigenvalue weighted by atomic mass is 10.0. The van der Waals surface area contributed by atoms with Crippen LogP contribution in [0.1, 0.15) is 18.4 Å². The van der Waals surface area contributed by atoms with Crippen molar-refractivity contribution in [1.29, 1.82) is 0 Å². The van der Waals surface area contributed by atoms with E-state index < -0.39 is 5.97 Å². The fourth-order valence-electron chi connectivity index (χ4n) is 1.77. The molecule has 1 aliphatic heterocycles. The molecule has 0 spiro atoms. The van der Waals surface area contributed by atoms with E-state index in [9.17, 15) is 9.90 Å². The van der Waals surface area contributed by atoms with Gasteiger partial charge in [0, 0.05) is 0 Å². The molecule has 3 heteroatoms. The van der Waals surface area contributed by atoms with E-state index in [2.05, 4.69) is 0 Å². The summed E-state index contributed by atoms with van der Waals surface area (Å²) in [4.78, 5) is 11.2. The summed E-state index contributed by atoms with van der Waals surface area (Å²) in [5.74, 6) is -0.922. The van der Waals surface area contributed by atoms with Crippen molar-refractivity contribution in [2.75, 3.05) is 0 Å². The number of aliphatic carboxylic acids is 1. The molecule has 88 valence electrons. The van der Waals surface area contributed by atoms with Crippen LogP contribution in [0.25, 0.3) is 5.57 Å². The number of rotatable bonds is 3. The molecular formula is C14H14O3. The Morgan fingerprint density at radius 2 is 2.12 bits per heavy atom. The maximum atomic E-state index is 11.2. The number of carbonyl (C=O) groups is 1. The summed E-state index contributed by atoms with van der Waals surface area (Å²) in [6.45, 7) is 0. The lowest BCUT2D eigenvalue weighted by Crippen LogP contribution is -2.12. The number of benzene rings is 1. The highest BCUT2D eigenvalue weighted by Gasteiger charge is 2.15. The molecule has 0 saturated heterocycles. The van der Waals surface area contributed by atoms with Crippen LogP contribution < -0.4 is 0 Å². The SMILES string of the molecule is O=C(O)/C(=C/C1CCC=CO1)c1ccccc1. The number of hydrogen-bond acceptors (Lipinski definition) is 2. The maximum absolute atomic E-state index is 11.2. The molecular weight excluding hydrogens is 216 g/mol. The number of carboxylic acids is 1. The average Bonchev–Trinajstić information content (AvgIpc) is 2.38. The van der Waals surface area contributed by atoms with E-state index in [4.69, 9.17) is 4.74 Å². The lowest BCUT2D eigenvalue weighted by molar-refractivity contribution is -0.130. The molecule has 0 amide bonds. The molecule has 1 unspecified atom stereocenters. The van der Waals surface area contributed by atoms with Crippen molar-refractivity contribution in [3.05, 3.63) is 54.3 Å². The van der Waals surface area contributed by atoms with E-state index in [-0.39, 0.29) is 6.10 Å². The van der Waals surface area contributed by atoms with Crippen LogP contribution in [0.2, 0.25) is 0 Å². The Kier molecular flexibility index (Phi) is 3.60. The van der Waals surface area contributed by atoms with Crippen molar-refractivity contribution >= 4 is 11.5 Å². The van der Waals surface area contributed by atoms with E-state index in [1.54, 1.807) is 24.5 Å². The second-order valence-corrected chi connectivity index (χ2v) is 3.88. The minimum absolute atomic E-state index is 0.147. The molecule has 0 bridgehead atoms. The van der Waals surface area contributed by atoms with Gasteiger partial charge in [-0.05, 0) is 30.6 Å². The topological polar surface area (TPSA) is 46.5 Å². The third-order valence-electron chi connectivity index (χ3n) is 2.64. The molecule has 0 aromatic heterocycles. The van der Waals surface area contributed by atoms with Gasteiger partial charge in [0.15, 0.2) is 0 Å². The first kappa shape index (κ1) is 11.5. The zero-order valence-corrected chi connectivity index (χ0v) is 9.37. The van der Waals surface area contributed by atoms with Crippen LogP contribution in [-0.4, -0.2) is 17.2 Å². The third kappa shape index (κ3) is 2.97. The van der Waals surface area contributed by atoms with E-state index in [1.807, 2.05) is 24.3 Å². The van der Waals surface area contributed by atoms with Crippen molar-refractivity contribution < 1.29 is 14.6 Å². The summed E-state index contributed by atoms with van der Waals surface area (Å²) < 4.78 is 5.36. The maximum Gasteiger partial charge on any atom is 0.336 e. The van der Waals surface area contributed by atoms with Gasteiger partial charge in [0.25, 0.3) is 0 Å².